The second kappa shape index (κ2) is 8.09. The quantitative estimate of drug-likeness (QED) is 0.843. The number of amides is 1. The van der Waals surface area contributed by atoms with Crippen molar-refractivity contribution in [3.05, 3.63) is 58.6 Å². The summed E-state index contributed by atoms with van der Waals surface area (Å²) in [6, 6.07) is 12.6. The molecule has 0 bridgehead atoms. The van der Waals surface area contributed by atoms with Crippen molar-refractivity contribution < 1.29 is 13.2 Å². The number of piperidine rings is 1. The molecule has 0 radical (unpaired) electrons. The van der Waals surface area contributed by atoms with Crippen LogP contribution in [0.2, 0.25) is 5.02 Å². The highest BCUT2D eigenvalue weighted by molar-refractivity contribution is 7.89. The number of carbonyl (C=O) groups excluding carboxylic acids is 1. The Morgan fingerprint density at radius 1 is 1.07 bits per heavy atom. The maximum atomic E-state index is 12.9. The molecule has 0 aliphatic carbocycles. The van der Waals surface area contributed by atoms with E-state index in [4.69, 9.17) is 16.9 Å². The van der Waals surface area contributed by atoms with Gasteiger partial charge in [-0.15, -0.1) is 0 Å². The van der Waals surface area contributed by atoms with E-state index in [1.165, 1.54) is 22.5 Å². The molecule has 1 aliphatic rings. The standard InChI is InChI=1S/C19H18ClN3O3S/c20-17-9-6-15(19(24)22-16-7-4-14(13-21)5-8-16)12-18(17)27(25,26)23-10-2-1-3-11-23/h4-9,12H,1-3,10-11H2,(H,22,24). The normalized spacial score (nSPS) is 15.1. The highest BCUT2D eigenvalue weighted by Crippen LogP contribution is 2.28. The first-order valence-corrected chi connectivity index (χ1v) is 10.3. The number of hydrogen-bond acceptors (Lipinski definition) is 4. The summed E-state index contributed by atoms with van der Waals surface area (Å²) in [6.07, 6.45) is 2.64. The molecule has 1 heterocycles. The molecule has 2 aromatic carbocycles. The molecule has 1 fully saturated rings. The third-order valence-electron chi connectivity index (χ3n) is 4.40. The predicted octanol–water partition coefficient (Wildman–Crippen LogP) is 3.64. The molecule has 1 N–H and O–H groups in total. The SMILES string of the molecule is N#Cc1ccc(NC(=O)c2ccc(Cl)c(S(=O)(=O)N3CCCCC3)c2)cc1. The lowest BCUT2D eigenvalue weighted by Crippen LogP contribution is -2.35. The van der Waals surface area contributed by atoms with Gasteiger partial charge in [-0.25, -0.2) is 8.42 Å². The number of nitrogens with zero attached hydrogens (tertiary/aromatic N) is 2. The third-order valence-corrected chi connectivity index (χ3v) is 6.78. The number of carbonyl (C=O) groups is 1. The highest BCUT2D eigenvalue weighted by atomic mass is 35.5. The molecule has 6 nitrogen and oxygen atoms in total. The van der Waals surface area contributed by atoms with Gasteiger partial charge in [-0.1, -0.05) is 18.0 Å². The molecular formula is C19H18ClN3O3S. The molecule has 2 aromatic rings. The Morgan fingerprint density at radius 2 is 1.74 bits per heavy atom. The molecular weight excluding hydrogens is 386 g/mol. The maximum Gasteiger partial charge on any atom is 0.255 e. The lowest BCUT2D eigenvalue weighted by molar-refractivity contribution is 0.102. The number of halogens is 1. The summed E-state index contributed by atoms with van der Waals surface area (Å²) in [5, 5.41) is 11.6. The molecule has 0 saturated carbocycles. The molecule has 0 aromatic heterocycles. The Hall–Kier alpha value is -2.40. The van der Waals surface area contributed by atoms with E-state index >= 15 is 0 Å². The van der Waals surface area contributed by atoms with E-state index in [0.29, 0.717) is 24.3 Å². The van der Waals surface area contributed by atoms with Crippen molar-refractivity contribution in [1.29, 1.82) is 5.26 Å². The highest BCUT2D eigenvalue weighted by Gasteiger charge is 2.28. The zero-order valence-corrected chi connectivity index (χ0v) is 16.1. The molecule has 1 aliphatic heterocycles. The van der Waals surface area contributed by atoms with Gasteiger partial charge in [-0.2, -0.15) is 9.57 Å². The van der Waals surface area contributed by atoms with E-state index < -0.39 is 15.9 Å². The number of benzene rings is 2. The molecule has 0 unspecified atom stereocenters. The van der Waals surface area contributed by atoms with E-state index in [-0.39, 0.29) is 15.5 Å². The van der Waals surface area contributed by atoms with Crippen LogP contribution in [0.1, 0.15) is 35.2 Å². The van der Waals surface area contributed by atoms with Crippen LogP contribution < -0.4 is 5.32 Å². The fourth-order valence-electron chi connectivity index (χ4n) is 2.92. The van der Waals surface area contributed by atoms with Crippen LogP contribution in [-0.4, -0.2) is 31.7 Å². The fourth-order valence-corrected chi connectivity index (χ4v) is 4.94. The lowest BCUT2D eigenvalue weighted by atomic mass is 10.2. The number of sulfonamides is 1. The molecule has 1 amide bonds. The van der Waals surface area contributed by atoms with Gasteiger partial charge in [-0.3, -0.25) is 4.79 Å². The van der Waals surface area contributed by atoms with E-state index in [9.17, 15) is 13.2 Å². The van der Waals surface area contributed by atoms with Crippen LogP contribution >= 0.6 is 11.6 Å². The van der Waals surface area contributed by atoms with Crippen LogP contribution in [0, 0.1) is 11.3 Å². The van der Waals surface area contributed by atoms with Crippen molar-refractivity contribution in [2.45, 2.75) is 24.2 Å². The summed E-state index contributed by atoms with van der Waals surface area (Å²) in [5.41, 5.74) is 1.18. The first kappa shape index (κ1) is 19.4. The molecule has 3 rings (SSSR count). The van der Waals surface area contributed by atoms with Crippen LogP contribution in [0.25, 0.3) is 0 Å². The molecule has 8 heteroatoms. The first-order chi connectivity index (χ1) is 12.9. The van der Waals surface area contributed by atoms with Crippen LogP contribution in [0.3, 0.4) is 0 Å². The van der Waals surface area contributed by atoms with E-state index in [2.05, 4.69) is 5.32 Å². The number of rotatable bonds is 4. The van der Waals surface area contributed by atoms with Crippen molar-refractivity contribution in [2.24, 2.45) is 0 Å². The van der Waals surface area contributed by atoms with Gasteiger partial charge in [-0.05, 0) is 55.3 Å². The number of nitrogens with one attached hydrogen (secondary N) is 1. The number of nitriles is 1. The topological polar surface area (TPSA) is 90.3 Å². The minimum atomic E-state index is -3.75. The van der Waals surface area contributed by atoms with Gasteiger partial charge in [0.1, 0.15) is 4.90 Å². The summed E-state index contributed by atoms with van der Waals surface area (Å²) in [4.78, 5) is 12.5. The second-order valence-electron chi connectivity index (χ2n) is 6.25. The van der Waals surface area contributed by atoms with Crippen LogP contribution in [0.4, 0.5) is 5.69 Å². The van der Waals surface area contributed by atoms with Crippen molar-refractivity contribution in [2.75, 3.05) is 18.4 Å². The minimum Gasteiger partial charge on any atom is -0.322 e. The molecule has 1 saturated heterocycles. The summed E-state index contributed by atoms with van der Waals surface area (Å²) in [5.74, 6) is -0.452. The largest absolute Gasteiger partial charge is 0.322 e. The molecule has 0 atom stereocenters. The third kappa shape index (κ3) is 4.30. The second-order valence-corrected chi connectivity index (χ2v) is 8.57. The van der Waals surface area contributed by atoms with Gasteiger partial charge < -0.3 is 5.32 Å². The Morgan fingerprint density at radius 3 is 2.37 bits per heavy atom. The fraction of sp³-hybridized carbons (Fsp3) is 0.263. The summed E-state index contributed by atoms with van der Waals surface area (Å²) >= 11 is 6.13. The number of anilines is 1. The van der Waals surface area contributed by atoms with Crippen molar-refractivity contribution in [1.82, 2.24) is 4.31 Å². The van der Waals surface area contributed by atoms with Crippen LogP contribution in [-0.2, 0) is 10.0 Å². The van der Waals surface area contributed by atoms with E-state index in [1.807, 2.05) is 6.07 Å². The molecule has 0 spiro atoms. The van der Waals surface area contributed by atoms with Gasteiger partial charge in [0, 0.05) is 24.3 Å². The van der Waals surface area contributed by atoms with Crippen molar-refractivity contribution in [3.63, 3.8) is 0 Å². The summed E-state index contributed by atoms with van der Waals surface area (Å²) < 4.78 is 27.2. The van der Waals surface area contributed by atoms with E-state index in [1.54, 1.807) is 24.3 Å². The first-order valence-electron chi connectivity index (χ1n) is 8.53. The van der Waals surface area contributed by atoms with Gasteiger partial charge in [0.2, 0.25) is 10.0 Å². The summed E-state index contributed by atoms with van der Waals surface area (Å²) in [7, 11) is -3.75. The monoisotopic (exact) mass is 403 g/mol. The average molecular weight is 404 g/mol. The van der Waals surface area contributed by atoms with Gasteiger partial charge in [0.05, 0.1) is 16.7 Å². The zero-order valence-electron chi connectivity index (χ0n) is 14.5. The van der Waals surface area contributed by atoms with Crippen molar-refractivity contribution >= 4 is 33.2 Å². The Balaban J connectivity index is 1.85. The Kier molecular flexibility index (Phi) is 5.80. The Labute approximate surface area is 163 Å². The van der Waals surface area contributed by atoms with Gasteiger partial charge in [0.15, 0.2) is 0 Å². The molecule has 140 valence electrons. The smallest absolute Gasteiger partial charge is 0.255 e. The van der Waals surface area contributed by atoms with Gasteiger partial charge >= 0.3 is 0 Å². The van der Waals surface area contributed by atoms with Crippen LogP contribution in [0.15, 0.2) is 47.4 Å². The maximum absolute atomic E-state index is 12.9. The predicted molar refractivity (Wildman–Crippen MR) is 103 cm³/mol. The Bertz CT molecular complexity index is 992. The van der Waals surface area contributed by atoms with Gasteiger partial charge in [0.25, 0.3) is 5.91 Å². The van der Waals surface area contributed by atoms with Crippen LogP contribution in [0.5, 0.6) is 0 Å². The summed E-state index contributed by atoms with van der Waals surface area (Å²) in [6.45, 7) is 0.917. The number of hydrogen-bond donors (Lipinski definition) is 1. The lowest BCUT2D eigenvalue weighted by Gasteiger charge is -2.26. The minimum absolute atomic E-state index is 0.0569. The molecule has 27 heavy (non-hydrogen) atoms. The van der Waals surface area contributed by atoms with E-state index in [0.717, 1.165) is 19.3 Å². The zero-order chi connectivity index (χ0) is 19.4. The average Bonchev–Trinajstić information content (AvgIpc) is 2.69. The van der Waals surface area contributed by atoms with Crippen molar-refractivity contribution in [3.8, 4) is 6.07 Å².